The van der Waals surface area contributed by atoms with Crippen molar-refractivity contribution in [2.24, 2.45) is 0 Å². The Morgan fingerprint density at radius 2 is 1.92 bits per heavy atom. The molecule has 0 spiro atoms. The summed E-state index contributed by atoms with van der Waals surface area (Å²) in [4.78, 5) is 31.0. The summed E-state index contributed by atoms with van der Waals surface area (Å²) >= 11 is 1.37. The number of hydrogen-bond donors (Lipinski definition) is 1. The van der Waals surface area contributed by atoms with Crippen LogP contribution >= 0.6 is 11.3 Å². The molecule has 1 saturated heterocycles. The zero-order chi connectivity index (χ0) is 18.4. The molecule has 0 unspecified atom stereocenters. The van der Waals surface area contributed by atoms with Gasteiger partial charge in [-0.3, -0.25) is 14.9 Å². The molecule has 138 valence electrons. The van der Waals surface area contributed by atoms with Gasteiger partial charge in [0.25, 0.3) is 11.8 Å². The van der Waals surface area contributed by atoms with Crippen molar-refractivity contribution in [1.82, 2.24) is 9.88 Å². The molecule has 0 bridgehead atoms. The Morgan fingerprint density at radius 1 is 1.19 bits per heavy atom. The highest BCUT2D eigenvalue weighted by Gasteiger charge is 2.18. The molecule has 1 aromatic heterocycles. The smallest absolute Gasteiger partial charge is 0.261 e. The van der Waals surface area contributed by atoms with E-state index >= 15 is 0 Å². The molecule has 2 aromatic rings. The minimum Gasteiger partial charge on any atom is -0.483 e. The molecule has 0 saturated carbocycles. The maximum atomic E-state index is 12.5. The van der Waals surface area contributed by atoms with E-state index in [0.717, 1.165) is 31.6 Å². The van der Waals surface area contributed by atoms with Gasteiger partial charge in [0.1, 0.15) is 5.75 Å². The van der Waals surface area contributed by atoms with Crippen LogP contribution in [0.25, 0.3) is 0 Å². The summed E-state index contributed by atoms with van der Waals surface area (Å²) in [6.07, 6.45) is 4.42. The number of aryl methyl sites for hydroxylation is 1. The fourth-order valence-electron chi connectivity index (χ4n) is 2.91. The topological polar surface area (TPSA) is 71.5 Å². The summed E-state index contributed by atoms with van der Waals surface area (Å²) in [6, 6.07) is 6.95. The van der Waals surface area contributed by atoms with Gasteiger partial charge in [-0.25, -0.2) is 4.98 Å². The van der Waals surface area contributed by atoms with Crippen molar-refractivity contribution in [3.05, 3.63) is 40.9 Å². The number of carbonyl (C=O) groups is 2. The first-order valence-electron chi connectivity index (χ1n) is 8.86. The molecule has 2 heterocycles. The molecule has 3 rings (SSSR count). The molecule has 7 heteroatoms. The standard InChI is InChI=1S/C19H23N3O3S/c1-14-13-26-19(20-14)21-18(24)15-8-4-5-9-16(15)25-12-17(23)22-10-6-2-3-7-11-22/h4-5,8-9,13H,2-3,6-7,10-12H2,1H3,(H,20,21,24). The van der Waals surface area contributed by atoms with Gasteiger partial charge < -0.3 is 9.64 Å². The minimum atomic E-state index is -0.294. The summed E-state index contributed by atoms with van der Waals surface area (Å²) in [5.41, 5.74) is 1.25. The highest BCUT2D eigenvalue weighted by atomic mass is 32.1. The summed E-state index contributed by atoms with van der Waals surface area (Å²) in [6.45, 7) is 3.39. The second kappa shape index (κ2) is 8.80. The average Bonchev–Trinajstić information content (AvgIpc) is 2.88. The lowest BCUT2D eigenvalue weighted by Crippen LogP contribution is -2.35. The van der Waals surface area contributed by atoms with Crippen molar-refractivity contribution in [3.63, 3.8) is 0 Å². The molecule has 6 nitrogen and oxygen atoms in total. The van der Waals surface area contributed by atoms with Crippen LogP contribution in [0.1, 0.15) is 41.7 Å². The Balaban J connectivity index is 1.63. The third kappa shape index (κ3) is 4.82. The third-order valence-corrected chi connectivity index (χ3v) is 5.16. The number of hydrogen-bond acceptors (Lipinski definition) is 5. The lowest BCUT2D eigenvalue weighted by atomic mass is 10.2. The van der Waals surface area contributed by atoms with E-state index in [0.29, 0.717) is 16.4 Å². The molecule has 1 aromatic carbocycles. The summed E-state index contributed by atoms with van der Waals surface area (Å²) < 4.78 is 5.69. The Labute approximate surface area is 157 Å². The van der Waals surface area contributed by atoms with Crippen molar-refractivity contribution in [1.29, 1.82) is 0 Å². The van der Waals surface area contributed by atoms with E-state index in [1.165, 1.54) is 24.2 Å². The summed E-state index contributed by atoms with van der Waals surface area (Å²) in [7, 11) is 0. The Hall–Kier alpha value is -2.41. The van der Waals surface area contributed by atoms with E-state index in [1.54, 1.807) is 24.3 Å². The minimum absolute atomic E-state index is 0.0299. The average molecular weight is 373 g/mol. The second-order valence-corrected chi connectivity index (χ2v) is 7.19. The van der Waals surface area contributed by atoms with E-state index in [-0.39, 0.29) is 18.4 Å². The van der Waals surface area contributed by atoms with Crippen LogP contribution in [0.4, 0.5) is 5.13 Å². The molecule has 2 amide bonds. The highest BCUT2D eigenvalue weighted by Crippen LogP contribution is 2.21. The van der Waals surface area contributed by atoms with Gasteiger partial charge in [0.2, 0.25) is 0 Å². The van der Waals surface area contributed by atoms with Crippen LogP contribution in [0.15, 0.2) is 29.6 Å². The monoisotopic (exact) mass is 373 g/mol. The number of anilines is 1. The van der Waals surface area contributed by atoms with Crippen molar-refractivity contribution in [2.45, 2.75) is 32.6 Å². The van der Waals surface area contributed by atoms with Gasteiger partial charge in [0.15, 0.2) is 11.7 Å². The number of nitrogens with one attached hydrogen (secondary N) is 1. The molecule has 0 atom stereocenters. The number of carbonyl (C=O) groups excluding carboxylic acids is 2. The zero-order valence-corrected chi connectivity index (χ0v) is 15.7. The Morgan fingerprint density at radius 3 is 2.62 bits per heavy atom. The molecule has 1 aliphatic heterocycles. The number of rotatable bonds is 5. The molecular weight excluding hydrogens is 350 g/mol. The van der Waals surface area contributed by atoms with Gasteiger partial charge >= 0.3 is 0 Å². The number of amides is 2. The fraction of sp³-hybridized carbons (Fsp3) is 0.421. The van der Waals surface area contributed by atoms with E-state index in [9.17, 15) is 9.59 Å². The Bertz CT molecular complexity index is 767. The van der Waals surface area contributed by atoms with Crippen LogP contribution in [0, 0.1) is 6.92 Å². The molecule has 26 heavy (non-hydrogen) atoms. The number of likely N-dealkylation sites (tertiary alicyclic amines) is 1. The van der Waals surface area contributed by atoms with Gasteiger partial charge in [-0.15, -0.1) is 11.3 Å². The quantitative estimate of drug-likeness (QED) is 0.871. The molecule has 0 radical (unpaired) electrons. The maximum absolute atomic E-state index is 12.5. The van der Waals surface area contributed by atoms with Gasteiger partial charge in [-0.2, -0.15) is 0 Å². The van der Waals surface area contributed by atoms with Crippen LogP contribution in [0.5, 0.6) is 5.75 Å². The SMILES string of the molecule is Cc1csc(NC(=O)c2ccccc2OCC(=O)N2CCCCCC2)n1. The van der Waals surface area contributed by atoms with E-state index < -0.39 is 0 Å². The van der Waals surface area contributed by atoms with Gasteiger partial charge in [0, 0.05) is 18.5 Å². The Kier molecular flexibility index (Phi) is 6.22. The van der Waals surface area contributed by atoms with Crippen LogP contribution in [0.3, 0.4) is 0 Å². The van der Waals surface area contributed by atoms with Gasteiger partial charge in [-0.1, -0.05) is 25.0 Å². The van der Waals surface area contributed by atoms with Crippen molar-refractivity contribution < 1.29 is 14.3 Å². The molecule has 1 N–H and O–H groups in total. The first-order valence-corrected chi connectivity index (χ1v) is 9.74. The maximum Gasteiger partial charge on any atom is 0.261 e. The van der Waals surface area contributed by atoms with Crippen molar-refractivity contribution in [2.75, 3.05) is 25.0 Å². The highest BCUT2D eigenvalue weighted by molar-refractivity contribution is 7.13. The van der Waals surface area contributed by atoms with Crippen molar-refractivity contribution in [3.8, 4) is 5.75 Å². The van der Waals surface area contributed by atoms with E-state index in [2.05, 4.69) is 10.3 Å². The lowest BCUT2D eigenvalue weighted by molar-refractivity contribution is -0.133. The third-order valence-electron chi connectivity index (χ3n) is 4.28. The number of nitrogens with zero attached hydrogens (tertiary/aromatic N) is 2. The number of para-hydroxylation sites is 1. The number of ether oxygens (including phenoxy) is 1. The first kappa shape index (κ1) is 18.4. The molecule has 1 aliphatic rings. The number of thiazole rings is 1. The lowest BCUT2D eigenvalue weighted by Gasteiger charge is -2.20. The summed E-state index contributed by atoms with van der Waals surface area (Å²) in [5, 5.41) is 5.19. The van der Waals surface area contributed by atoms with Crippen LogP contribution in [0.2, 0.25) is 0 Å². The van der Waals surface area contributed by atoms with Gasteiger partial charge in [-0.05, 0) is 31.9 Å². The second-order valence-electron chi connectivity index (χ2n) is 6.33. The van der Waals surface area contributed by atoms with Crippen LogP contribution < -0.4 is 10.1 Å². The van der Waals surface area contributed by atoms with Crippen LogP contribution in [-0.2, 0) is 4.79 Å². The normalized spacial score (nSPS) is 14.6. The zero-order valence-electron chi connectivity index (χ0n) is 14.9. The molecule has 0 aliphatic carbocycles. The predicted octanol–water partition coefficient (Wildman–Crippen LogP) is 3.49. The molecule has 1 fully saturated rings. The predicted molar refractivity (Wildman–Crippen MR) is 102 cm³/mol. The van der Waals surface area contributed by atoms with Crippen molar-refractivity contribution >= 4 is 28.3 Å². The van der Waals surface area contributed by atoms with E-state index in [1.807, 2.05) is 17.2 Å². The summed E-state index contributed by atoms with van der Waals surface area (Å²) in [5.74, 6) is 0.0799. The van der Waals surface area contributed by atoms with Gasteiger partial charge in [0.05, 0.1) is 11.3 Å². The number of aromatic nitrogens is 1. The van der Waals surface area contributed by atoms with Crippen LogP contribution in [-0.4, -0.2) is 41.4 Å². The largest absolute Gasteiger partial charge is 0.483 e. The number of benzene rings is 1. The van der Waals surface area contributed by atoms with E-state index in [4.69, 9.17) is 4.74 Å². The first-order chi connectivity index (χ1) is 12.6. The molecular formula is C19H23N3O3S. The fourth-order valence-corrected chi connectivity index (χ4v) is 3.59.